The highest BCUT2D eigenvalue weighted by Crippen LogP contribution is 2.42. The van der Waals surface area contributed by atoms with Gasteiger partial charge < -0.3 is 11.1 Å². The molecule has 1 amide bonds. The van der Waals surface area contributed by atoms with Gasteiger partial charge in [-0.05, 0) is 38.0 Å². The van der Waals surface area contributed by atoms with Crippen LogP contribution in [0, 0.1) is 5.41 Å². The third-order valence-electron chi connectivity index (χ3n) is 3.65. The van der Waals surface area contributed by atoms with Crippen molar-refractivity contribution in [1.82, 2.24) is 5.32 Å². The average Bonchev–Trinajstić information content (AvgIpc) is 2.14. The molecule has 0 spiro atoms. The van der Waals surface area contributed by atoms with E-state index >= 15 is 0 Å². The topological polar surface area (TPSA) is 55.1 Å². The van der Waals surface area contributed by atoms with Crippen molar-refractivity contribution in [2.24, 2.45) is 11.1 Å². The van der Waals surface area contributed by atoms with Crippen LogP contribution in [0.15, 0.2) is 0 Å². The summed E-state index contributed by atoms with van der Waals surface area (Å²) in [4.78, 5) is 11.5. The van der Waals surface area contributed by atoms with Gasteiger partial charge in [0.25, 0.3) is 0 Å². The number of carbonyl (C=O) groups excluding carboxylic acids is 1. The Balaban J connectivity index is 2.16. The molecule has 3 heteroatoms. The number of nitrogens with one attached hydrogen (secondary N) is 1. The molecule has 3 N–H and O–H groups in total. The van der Waals surface area contributed by atoms with E-state index in [1.165, 1.54) is 25.7 Å². The van der Waals surface area contributed by atoms with Gasteiger partial charge >= 0.3 is 0 Å². The first-order valence-corrected chi connectivity index (χ1v) is 6.10. The summed E-state index contributed by atoms with van der Waals surface area (Å²) in [6, 6.07) is 0.125. The van der Waals surface area contributed by atoms with Crippen LogP contribution in [-0.2, 0) is 4.79 Å². The fourth-order valence-electron chi connectivity index (χ4n) is 2.07. The second-order valence-electron chi connectivity index (χ2n) is 5.00. The van der Waals surface area contributed by atoms with Crippen LogP contribution in [0.5, 0.6) is 0 Å². The number of nitrogens with two attached hydrogens (primary N) is 1. The zero-order chi connectivity index (χ0) is 11.3. The number of hydrogen-bond donors (Lipinski definition) is 2. The fraction of sp³-hybridized carbons (Fsp3) is 0.917. The molecule has 1 rings (SSSR count). The highest BCUT2D eigenvalue weighted by Gasteiger charge is 2.34. The van der Waals surface area contributed by atoms with Gasteiger partial charge in [-0.15, -0.1) is 0 Å². The fourth-order valence-corrected chi connectivity index (χ4v) is 2.07. The minimum absolute atomic E-state index is 0.125. The third kappa shape index (κ3) is 3.82. The number of amides is 1. The van der Waals surface area contributed by atoms with Crippen LogP contribution in [-0.4, -0.2) is 18.5 Å². The normalized spacial score (nSPS) is 20.5. The molecule has 15 heavy (non-hydrogen) atoms. The molecule has 3 nitrogen and oxygen atoms in total. The third-order valence-corrected chi connectivity index (χ3v) is 3.65. The van der Waals surface area contributed by atoms with E-state index in [1.807, 2.05) is 6.92 Å². The molecule has 88 valence electrons. The van der Waals surface area contributed by atoms with E-state index in [4.69, 9.17) is 5.73 Å². The van der Waals surface area contributed by atoms with E-state index in [0.29, 0.717) is 11.8 Å². The molecule has 0 bridgehead atoms. The Hall–Kier alpha value is -0.570. The highest BCUT2D eigenvalue weighted by molar-refractivity contribution is 5.75. The number of hydrogen-bond acceptors (Lipinski definition) is 2. The summed E-state index contributed by atoms with van der Waals surface area (Å²) in [5.41, 5.74) is 6.03. The van der Waals surface area contributed by atoms with Crippen molar-refractivity contribution in [2.75, 3.05) is 6.54 Å². The smallest absolute Gasteiger partial charge is 0.220 e. The predicted molar refractivity (Wildman–Crippen MR) is 62.5 cm³/mol. The Bertz CT molecular complexity index is 204. The lowest BCUT2D eigenvalue weighted by molar-refractivity contribution is -0.122. The van der Waals surface area contributed by atoms with E-state index in [1.54, 1.807) is 0 Å². The zero-order valence-electron chi connectivity index (χ0n) is 10.0. The van der Waals surface area contributed by atoms with E-state index in [0.717, 1.165) is 13.0 Å². The summed E-state index contributed by atoms with van der Waals surface area (Å²) in [5.74, 6) is 0.159. The molecule has 1 unspecified atom stereocenters. The summed E-state index contributed by atoms with van der Waals surface area (Å²) >= 11 is 0. The molecule has 0 aromatic rings. The average molecular weight is 212 g/mol. The highest BCUT2D eigenvalue weighted by atomic mass is 16.1. The van der Waals surface area contributed by atoms with Gasteiger partial charge in [-0.3, -0.25) is 4.79 Å². The minimum Gasteiger partial charge on any atom is -0.356 e. The van der Waals surface area contributed by atoms with E-state index in [2.05, 4.69) is 12.2 Å². The Morgan fingerprint density at radius 2 is 2.20 bits per heavy atom. The molecule has 0 radical (unpaired) electrons. The first kappa shape index (κ1) is 12.5. The summed E-state index contributed by atoms with van der Waals surface area (Å²) < 4.78 is 0. The van der Waals surface area contributed by atoms with Gasteiger partial charge in [-0.25, -0.2) is 0 Å². The van der Waals surface area contributed by atoms with Crippen LogP contribution in [0.3, 0.4) is 0 Å². The predicted octanol–water partition coefficient (Wildman–Crippen LogP) is 1.81. The van der Waals surface area contributed by atoms with Crippen LogP contribution in [0.25, 0.3) is 0 Å². The molecule has 1 aliphatic rings. The molecule has 1 atom stereocenters. The van der Waals surface area contributed by atoms with Crippen LogP contribution < -0.4 is 11.1 Å². The van der Waals surface area contributed by atoms with Gasteiger partial charge in [0, 0.05) is 19.0 Å². The van der Waals surface area contributed by atoms with Gasteiger partial charge in [0.15, 0.2) is 0 Å². The lowest BCUT2D eigenvalue weighted by atomic mass is 9.67. The Labute approximate surface area is 92.8 Å². The van der Waals surface area contributed by atoms with Crippen molar-refractivity contribution >= 4 is 5.91 Å². The lowest BCUT2D eigenvalue weighted by Crippen LogP contribution is -2.41. The summed E-state index contributed by atoms with van der Waals surface area (Å²) in [7, 11) is 0. The lowest BCUT2D eigenvalue weighted by Gasteiger charge is -2.41. The SMILES string of the molecule is CCC1(CNC(=O)CCC(C)N)CCC1. The molecule has 1 saturated carbocycles. The molecule has 1 fully saturated rings. The van der Waals surface area contributed by atoms with E-state index < -0.39 is 0 Å². The summed E-state index contributed by atoms with van der Waals surface area (Å²) in [6.07, 6.45) is 6.40. The van der Waals surface area contributed by atoms with Crippen molar-refractivity contribution in [3.05, 3.63) is 0 Å². The largest absolute Gasteiger partial charge is 0.356 e. The maximum absolute atomic E-state index is 11.5. The number of carbonyl (C=O) groups is 1. The molecule has 0 aromatic carbocycles. The molecule has 0 aromatic heterocycles. The minimum atomic E-state index is 0.125. The maximum atomic E-state index is 11.5. The van der Waals surface area contributed by atoms with Crippen LogP contribution in [0.4, 0.5) is 0 Å². The van der Waals surface area contributed by atoms with Gasteiger partial charge in [-0.1, -0.05) is 13.3 Å². The zero-order valence-corrected chi connectivity index (χ0v) is 10.0. The van der Waals surface area contributed by atoms with Gasteiger partial charge in [-0.2, -0.15) is 0 Å². The first-order valence-electron chi connectivity index (χ1n) is 6.10. The van der Waals surface area contributed by atoms with Crippen LogP contribution in [0.1, 0.15) is 52.4 Å². The van der Waals surface area contributed by atoms with Gasteiger partial charge in [0.05, 0.1) is 0 Å². The van der Waals surface area contributed by atoms with Crippen LogP contribution >= 0.6 is 0 Å². The van der Waals surface area contributed by atoms with E-state index in [9.17, 15) is 4.79 Å². The first-order chi connectivity index (χ1) is 7.08. The maximum Gasteiger partial charge on any atom is 0.220 e. The van der Waals surface area contributed by atoms with Crippen molar-refractivity contribution in [1.29, 1.82) is 0 Å². The molecular formula is C12H24N2O. The van der Waals surface area contributed by atoms with E-state index in [-0.39, 0.29) is 11.9 Å². The number of rotatable bonds is 6. The summed E-state index contributed by atoms with van der Waals surface area (Å²) in [5, 5.41) is 3.04. The monoisotopic (exact) mass is 212 g/mol. The second kappa shape index (κ2) is 5.50. The Morgan fingerprint density at radius 3 is 2.60 bits per heavy atom. The molecule has 1 aliphatic carbocycles. The molecule has 0 saturated heterocycles. The second-order valence-corrected chi connectivity index (χ2v) is 5.00. The molecule has 0 aliphatic heterocycles. The van der Waals surface area contributed by atoms with Crippen molar-refractivity contribution in [3.63, 3.8) is 0 Å². The Kier molecular flexibility index (Phi) is 4.58. The molecular weight excluding hydrogens is 188 g/mol. The van der Waals surface area contributed by atoms with Gasteiger partial charge in [0.1, 0.15) is 0 Å². The molecule has 0 heterocycles. The van der Waals surface area contributed by atoms with Crippen molar-refractivity contribution in [3.8, 4) is 0 Å². The van der Waals surface area contributed by atoms with Crippen LogP contribution in [0.2, 0.25) is 0 Å². The Morgan fingerprint density at radius 1 is 1.53 bits per heavy atom. The standard InChI is InChI=1S/C12H24N2O/c1-3-12(7-4-8-12)9-14-11(15)6-5-10(2)13/h10H,3-9,13H2,1-2H3,(H,14,15). The quantitative estimate of drug-likeness (QED) is 0.705. The van der Waals surface area contributed by atoms with Crippen molar-refractivity contribution in [2.45, 2.75) is 58.4 Å². The van der Waals surface area contributed by atoms with Crippen molar-refractivity contribution < 1.29 is 4.79 Å². The van der Waals surface area contributed by atoms with Gasteiger partial charge in [0.2, 0.25) is 5.91 Å². The summed E-state index contributed by atoms with van der Waals surface area (Å²) in [6.45, 7) is 5.02.